The molecule has 258 valence electrons. The van der Waals surface area contributed by atoms with Gasteiger partial charge in [0.1, 0.15) is 36.3 Å². The van der Waals surface area contributed by atoms with E-state index in [9.17, 15) is 39.0 Å². The Hall–Kier alpha value is -3.26. The number of esters is 1. The fourth-order valence-corrected chi connectivity index (χ4v) is 4.83. The third-order valence-corrected chi connectivity index (χ3v) is 8.02. The second-order valence-electron chi connectivity index (χ2n) is 12.1. The van der Waals surface area contributed by atoms with Gasteiger partial charge in [0.15, 0.2) is 0 Å². The smallest absolute Gasteiger partial charge is 0.329 e. The first kappa shape index (κ1) is 39.8. The van der Waals surface area contributed by atoms with Crippen LogP contribution < -0.4 is 26.6 Å². The van der Waals surface area contributed by atoms with Gasteiger partial charge >= 0.3 is 5.97 Å². The highest BCUT2D eigenvalue weighted by atomic mass is 16.5. The lowest BCUT2D eigenvalue weighted by Crippen LogP contribution is -2.63. The summed E-state index contributed by atoms with van der Waals surface area (Å²) >= 11 is 0. The number of aliphatic hydroxyl groups excluding tert-OH is 2. The molecule has 14 heteroatoms. The van der Waals surface area contributed by atoms with Crippen LogP contribution in [0.4, 0.5) is 0 Å². The second kappa shape index (κ2) is 20.7. The van der Waals surface area contributed by atoms with E-state index in [0.29, 0.717) is 12.8 Å². The van der Waals surface area contributed by atoms with Crippen LogP contribution in [0.1, 0.15) is 99.3 Å². The molecule has 0 spiro atoms. The lowest BCUT2D eigenvalue weighted by Gasteiger charge is -2.31. The zero-order chi connectivity index (χ0) is 34.1. The number of carbonyl (C=O) groups excluding carboxylic acids is 6. The Bertz CT molecular complexity index is 992. The zero-order valence-corrected chi connectivity index (χ0v) is 27.6. The molecular formula is C31H55N5O9. The number of rotatable bonds is 14. The van der Waals surface area contributed by atoms with E-state index in [-0.39, 0.29) is 6.42 Å². The summed E-state index contributed by atoms with van der Waals surface area (Å²) in [6.07, 6.45) is 6.26. The number of hydrogen-bond donors (Lipinski definition) is 7. The van der Waals surface area contributed by atoms with Crippen LogP contribution in [0.15, 0.2) is 0 Å². The first-order valence-electron chi connectivity index (χ1n) is 16.2. The van der Waals surface area contributed by atoms with Gasteiger partial charge in [-0.25, -0.2) is 4.79 Å². The summed E-state index contributed by atoms with van der Waals surface area (Å²) in [5.74, 6) is -5.65. The van der Waals surface area contributed by atoms with Gasteiger partial charge < -0.3 is 41.5 Å². The summed E-state index contributed by atoms with van der Waals surface area (Å²) in [7, 11) is 0. The molecule has 0 aromatic carbocycles. The summed E-state index contributed by atoms with van der Waals surface area (Å²) in [6.45, 7) is 8.71. The Morgan fingerprint density at radius 3 is 1.80 bits per heavy atom. The minimum absolute atomic E-state index is 0.123. The van der Waals surface area contributed by atoms with Gasteiger partial charge in [0.05, 0.1) is 13.2 Å². The number of unbranched alkanes of at least 4 members (excludes halogenated alkanes) is 6. The molecule has 0 bridgehead atoms. The normalized spacial score (nSPS) is 26.3. The minimum atomic E-state index is -1.57. The molecule has 45 heavy (non-hydrogen) atoms. The van der Waals surface area contributed by atoms with E-state index >= 15 is 0 Å². The molecule has 0 aliphatic carbocycles. The standard InChI is InChI=1S/C31H55N5O9/c1-7-9-10-11-12-13-14-15-23(39)34-26-20(6)45-31(44)25(19(5)8-2)36-29(42)24(18(3)4)35-28(41)22(17-38)32-27(40)21(16-37)33-30(26)43/h18-22,24-26,37-38H,7-17H2,1-6H3,(H,32,40)(H,33,43)(H,34,39)(H,35,41)(H,36,42). The number of carbonyl (C=O) groups is 6. The maximum atomic E-state index is 13.4. The molecule has 1 heterocycles. The summed E-state index contributed by atoms with van der Waals surface area (Å²) in [5.41, 5.74) is 0. The van der Waals surface area contributed by atoms with Crippen LogP contribution in [0.5, 0.6) is 0 Å². The number of cyclic esters (lactones) is 1. The van der Waals surface area contributed by atoms with Crippen molar-refractivity contribution in [2.24, 2.45) is 11.8 Å². The van der Waals surface area contributed by atoms with Crippen LogP contribution in [0, 0.1) is 11.8 Å². The SMILES string of the molecule is CCCCCCCCCC(=O)NC1C(=O)NC(CO)C(=O)NC(CO)C(=O)NC(C(C)C)C(=O)NC(C(C)CC)C(=O)OC1C. The Balaban J connectivity index is 3.35. The summed E-state index contributed by atoms with van der Waals surface area (Å²) in [6, 6.07) is -6.83. The van der Waals surface area contributed by atoms with Gasteiger partial charge in [-0.3, -0.25) is 24.0 Å². The van der Waals surface area contributed by atoms with E-state index in [1.807, 2.05) is 6.92 Å². The van der Waals surface area contributed by atoms with Crippen molar-refractivity contribution < 1.29 is 43.7 Å². The number of amides is 5. The molecule has 0 saturated carbocycles. The lowest BCUT2D eigenvalue weighted by molar-refractivity contribution is -0.157. The molecule has 0 aromatic heterocycles. The van der Waals surface area contributed by atoms with Gasteiger partial charge in [-0.15, -0.1) is 0 Å². The van der Waals surface area contributed by atoms with Crippen LogP contribution in [0.3, 0.4) is 0 Å². The molecule has 0 radical (unpaired) electrons. The molecule has 0 aromatic rings. The van der Waals surface area contributed by atoms with Crippen LogP contribution >= 0.6 is 0 Å². The van der Waals surface area contributed by atoms with E-state index in [4.69, 9.17) is 4.74 Å². The topological polar surface area (TPSA) is 212 Å². The van der Waals surface area contributed by atoms with E-state index in [2.05, 4.69) is 33.5 Å². The third-order valence-electron chi connectivity index (χ3n) is 8.02. The molecule has 1 aliphatic heterocycles. The Kier molecular flexibility index (Phi) is 18.3. The molecule has 1 fully saturated rings. The van der Waals surface area contributed by atoms with Crippen molar-refractivity contribution in [2.75, 3.05) is 13.2 Å². The largest absolute Gasteiger partial charge is 0.458 e. The van der Waals surface area contributed by atoms with E-state index < -0.39 is 96.9 Å². The van der Waals surface area contributed by atoms with Gasteiger partial charge in [0.25, 0.3) is 0 Å². The summed E-state index contributed by atoms with van der Waals surface area (Å²) in [5, 5.41) is 32.1. The summed E-state index contributed by atoms with van der Waals surface area (Å²) in [4.78, 5) is 78.9. The van der Waals surface area contributed by atoms with Crippen LogP contribution in [-0.2, 0) is 33.5 Å². The van der Waals surface area contributed by atoms with Gasteiger partial charge in [-0.05, 0) is 25.2 Å². The predicted molar refractivity (Wildman–Crippen MR) is 166 cm³/mol. The molecule has 7 unspecified atom stereocenters. The van der Waals surface area contributed by atoms with Crippen molar-refractivity contribution >= 4 is 35.5 Å². The van der Waals surface area contributed by atoms with E-state index in [1.165, 1.54) is 6.92 Å². The maximum Gasteiger partial charge on any atom is 0.329 e. The molecule has 1 saturated heterocycles. The fraction of sp³-hybridized carbons (Fsp3) is 0.806. The number of ether oxygens (including phenoxy) is 1. The molecule has 1 aliphatic rings. The highest BCUT2D eigenvalue weighted by Crippen LogP contribution is 2.15. The van der Waals surface area contributed by atoms with Crippen molar-refractivity contribution in [2.45, 2.75) is 136 Å². The fourth-order valence-electron chi connectivity index (χ4n) is 4.83. The molecule has 5 amide bonds. The average Bonchev–Trinajstić information content (AvgIpc) is 3.00. The van der Waals surface area contributed by atoms with E-state index in [1.54, 1.807) is 20.8 Å². The van der Waals surface area contributed by atoms with Gasteiger partial charge in [0.2, 0.25) is 29.5 Å². The Morgan fingerprint density at radius 1 is 0.756 bits per heavy atom. The average molecular weight is 642 g/mol. The first-order chi connectivity index (χ1) is 21.3. The maximum absolute atomic E-state index is 13.4. The number of aliphatic hydroxyl groups is 2. The molecule has 7 atom stereocenters. The molecule has 14 nitrogen and oxygen atoms in total. The van der Waals surface area contributed by atoms with Crippen molar-refractivity contribution in [3.63, 3.8) is 0 Å². The number of hydrogen-bond acceptors (Lipinski definition) is 9. The van der Waals surface area contributed by atoms with Crippen LogP contribution in [-0.4, -0.2) is 95.2 Å². The number of nitrogens with one attached hydrogen (secondary N) is 5. The minimum Gasteiger partial charge on any atom is -0.458 e. The molecule has 7 N–H and O–H groups in total. The van der Waals surface area contributed by atoms with Gasteiger partial charge in [-0.1, -0.05) is 79.6 Å². The van der Waals surface area contributed by atoms with Crippen molar-refractivity contribution in [3.05, 3.63) is 0 Å². The second-order valence-corrected chi connectivity index (χ2v) is 12.1. The van der Waals surface area contributed by atoms with Gasteiger partial charge in [-0.2, -0.15) is 0 Å². The molecule has 1 rings (SSSR count). The quantitative estimate of drug-likeness (QED) is 0.102. The highest BCUT2D eigenvalue weighted by molar-refractivity contribution is 5.96. The van der Waals surface area contributed by atoms with Gasteiger partial charge in [0, 0.05) is 6.42 Å². The summed E-state index contributed by atoms with van der Waals surface area (Å²) < 4.78 is 5.63. The van der Waals surface area contributed by atoms with E-state index in [0.717, 1.165) is 38.5 Å². The van der Waals surface area contributed by atoms with Crippen LogP contribution in [0.25, 0.3) is 0 Å². The highest BCUT2D eigenvalue weighted by Gasteiger charge is 2.38. The predicted octanol–water partition coefficient (Wildman–Crippen LogP) is 0.183. The van der Waals surface area contributed by atoms with Crippen LogP contribution in [0.2, 0.25) is 0 Å². The third kappa shape index (κ3) is 13.3. The molecular weight excluding hydrogens is 586 g/mol. The Labute approximate surface area is 266 Å². The van der Waals surface area contributed by atoms with Crippen molar-refractivity contribution in [3.8, 4) is 0 Å². The zero-order valence-electron chi connectivity index (χ0n) is 27.6. The Morgan fingerprint density at radius 2 is 1.27 bits per heavy atom. The first-order valence-corrected chi connectivity index (χ1v) is 16.2. The monoisotopic (exact) mass is 641 g/mol. The van der Waals surface area contributed by atoms with Crippen molar-refractivity contribution in [1.82, 2.24) is 26.6 Å². The van der Waals surface area contributed by atoms with Crippen molar-refractivity contribution in [1.29, 1.82) is 0 Å². The lowest BCUT2D eigenvalue weighted by atomic mass is 9.97.